The van der Waals surface area contributed by atoms with Crippen molar-refractivity contribution in [3.8, 4) is 0 Å². The Labute approximate surface area is 151 Å². The summed E-state index contributed by atoms with van der Waals surface area (Å²) in [5, 5.41) is 0. The molecule has 1 aromatic heterocycles. The molecule has 1 fully saturated rings. The maximum Gasteiger partial charge on any atom is 0.410 e. The Morgan fingerprint density at radius 3 is 2.83 bits per heavy atom. The second-order valence-electron chi connectivity index (χ2n) is 7.34. The number of fused-ring (bicyclic) bond motifs is 1. The minimum absolute atomic E-state index is 0.207. The summed E-state index contributed by atoms with van der Waals surface area (Å²) in [7, 11) is 0. The first-order valence-electron chi connectivity index (χ1n) is 8.43. The molecule has 1 amide bonds. The molecule has 1 unspecified atom stereocenters. The van der Waals surface area contributed by atoms with Gasteiger partial charge in [0.1, 0.15) is 5.60 Å². The summed E-state index contributed by atoms with van der Waals surface area (Å²) in [5.74, 6) is 0. The standard InChI is InChI=1S/C18H24BrN3O2/c1-18(2,3)24-17(23)21-9-4-5-14(8-10-21)22-12-20-15-7-6-13(19)11-16(15)22/h6-7,11-12,14H,4-5,8-10H2,1-3H3. The van der Waals surface area contributed by atoms with Gasteiger partial charge in [-0.2, -0.15) is 0 Å². The average Bonchev–Trinajstić information content (AvgIpc) is 2.74. The third-order valence-corrected chi connectivity index (χ3v) is 4.77. The van der Waals surface area contributed by atoms with Gasteiger partial charge in [0.2, 0.25) is 0 Å². The number of hydrogen-bond donors (Lipinski definition) is 0. The largest absolute Gasteiger partial charge is 0.444 e. The third-order valence-electron chi connectivity index (χ3n) is 4.28. The molecule has 5 nitrogen and oxygen atoms in total. The van der Waals surface area contributed by atoms with E-state index in [0.717, 1.165) is 41.3 Å². The first kappa shape index (κ1) is 17.3. The Morgan fingerprint density at radius 2 is 2.08 bits per heavy atom. The minimum Gasteiger partial charge on any atom is -0.444 e. The van der Waals surface area contributed by atoms with Crippen molar-refractivity contribution in [3.05, 3.63) is 29.0 Å². The quantitative estimate of drug-likeness (QED) is 0.701. The van der Waals surface area contributed by atoms with Gasteiger partial charge in [-0.3, -0.25) is 0 Å². The van der Waals surface area contributed by atoms with Crippen LogP contribution >= 0.6 is 15.9 Å². The molecule has 1 aliphatic heterocycles. The number of aromatic nitrogens is 2. The molecule has 0 saturated carbocycles. The predicted octanol–water partition coefficient (Wildman–Crippen LogP) is 4.76. The number of likely N-dealkylation sites (tertiary alicyclic amines) is 1. The molecule has 2 heterocycles. The number of halogens is 1. The summed E-state index contributed by atoms with van der Waals surface area (Å²) in [6, 6.07) is 6.51. The molecule has 3 rings (SSSR count). The molecule has 0 spiro atoms. The SMILES string of the molecule is CC(C)(C)OC(=O)N1CCCC(n2cnc3ccc(Br)cc32)CC1. The van der Waals surface area contributed by atoms with E-state index in [9.17, 15) is 4.79 Å². The molecule has 130 valence electrons. The molecular formula is C18H24BrN3O2. The highest BCUT2D eigenvalue weighted by Gasteiger charge is 2.26. The Hall–Kier alpha value is -1.56. The smallest absolute Gasteiger partial charge is 0.410 e. The summed E-state index contributed by atoms with van der Waals surface area (Å²) >= 11 is 3.54. The summed E-state index contributed by atoms with van der Waals surface area (Å²) in [4.78, 5) is 18.6. The van der Waals surface area contributed by atoms with E-state index in [4.69, 9.17) is 4.74 Å². The van der Waals surface area contributed by atoms with Gasteiger partial charge in [-0.15, -0.1) is 0 Å². The molecule has 1 aromatic carbocycles. The van der Waals surface area contributed by atoms with Crippen molar-refractivity contribution < 1.29 is 9.53 Å². The summed E-state index contributed by atoms with van der Waals surface area (Å²) in [5.41, 5.74) is 1.70. The van der Waals surface area contributed by atoms with Crippen molar-refractivity contribution in [1.82, 2.24) is 14.5 Å². The van der Waals surface area contributed by atoms with E-state index in [1.807, 2.05) is 44.1 Å². The molecular weight excluding hydrogens is 370 g/mol. The second-order valence-corrected chi connectivity index (χ2v) is 8.25. The zero-order valence-electron chi connectivity index (χ0n) is 14.5. The van der Waals surface area contributed by atoms with Gasteiger partial charge in [-0.25, -0.2) is 9.78 Å². The van der Waals surface area contributed by atoms with Crippen LogP contribution < -0.4 is 0 Å². The lowest BCUT2D eigenvalue weighted by atomic mass is 10.1. The van der Waals surface area contributed by atoms with Crippen LogP contribution in [0.4, 0.5) is 4.79 Å². The first-order chi connectivity index (χ1) is 11.3. The fraction of sp³-hybridized carbons (Fsp3) is 0.556. The molecule has 6 heteroatoms. The lowest BCUT2D eigenvalue weighted by Gasteiger charge is -2.26. The molecule has 1 saturated heterocycles. The Kier molecular flexibility index (Phi) is 4.85. The van der Waals surface area contributed by atoms with Crippen LogP contribution in [0.3, 0.4) is 0 Å². The highest BCUT2D eigenvalue weighted by Crippen LogP contribution is 2.28. The van der Waals surface area contributed by atoms with Crippen molar-refractivity contribution >= 4 is 33.1 Å². The first-order valence-corrected chi connectivity index (χ1v) is 9.23. The number of carbonyl (C=O) groups excluding carboxylic acids is 1. The fourth-order valence-corrected chi connectivity index (χ4v) is 3.51. The van der Waals surface area contributed by atoms with E-state index in [1.165, 1.54) is 0 Å². The highest BCUT2D eigenvalue weighted by atomic mass is 79.9. The van der Waals surface area contributed by atoms with Gasteiger partial charge in [0, 0.05) is 23.6 Å². The van der Waals surface area contributed by atoms with Crippen LogP contribution in [-0.2, 0) is 4.74 Å². The number of ether oxygens (including phenoxy) is 1. The number of nitrogens with zero attached hydrogens (tertiary/aromatic N) is 3. The molecule has 2 aromatic rings. The highest BCUT2D eigenvalue weighted by molar-refractivity contribution is 9.10. The predicted molar refractivity (Wildman–Crippen MR) is 98.1 cm³/mol. The van der Waals surface area contributed by atoms with Crippen LogP contribution in [-0.4, -0.2) is 39.2 Å². The molecule has 0 bridgehead atoms. The second kappa shape index (κ2) is 6.75. The van der Waals surface area contributed by atoms with Crippen LogP contribution in [0.15, 0.2) is 29.0 Å². The van der Waals surface area contributed by atoms with Crippen LogP contribution in [0, 0.1) is 0 Å². The monoisotopic (exact) mass is 393 g/mol. The van der Waals surface area contributed by atoms with E-state index in [-0.39, 0.29) is 6.09 Å². The van der Waals surface area contributed by atoms with Crippen molar-refractivity contribution in [3.63, 3.8) is 0 Å². The zero-order chi connectivity index (χ0) is 17.3. The van der Waals surface area contributed by atoms with Crippen LogP contribution in [0.2, 0.25) is 0 Å². The maximum absolute atomic E-state index is 12.3. The molecule has 24 heavy (non-hydrogen) atoms. The molecule has 1 aliphatic rings. The lowest BCUT2D eigenvalue weighted by molar-refractivity contribution is 0.0255. The van der Waals surface area contributed by atoms with Crippen molar-refractivity contribution in [2.24, 2.45) is 0 Å². The Balaban J connectivity index is 1.73. The van der Waals surface area contributed by atoms with Gasteiger partial charge in [-0.1, -0.05) is 15.9 Å². The van der Waals surface area contributed by atoms with Crippen LogP contribution in [0.25, 0.3) is 11.0 Å². The van der Waals surface area contributed by atoms with Gasteiger partial charge < -0.3 is 14.2 Å². The van der Waals surface area contributed by atoms with Gasteiger partial charge in [0.25, 0.3) is 0 Å². The van der Waals surface area contributed by atoms with Crippen molar-refractivity contribution in [1.29, 1.82) is 0 Å². The molecule has 0 radical (unpaired) electrons. The van der Waals surface area contributed by atoms with E-state index >= 15 is 0 Å². The summed E-state index contributed by atoms with van der Waals surface area (Å²) < 4.78 is 8.81. The van der Waals surface area contributed by atoms with E-state index in [1.54, 1.807) is 0 Å². The van der Waals surface area contributed by atoms with E-state index in [0.29, 0.717) is 12.6 Å². The van der Waals surface area contributed by atoms with Crippen molar-refractivity contribution in [2.75, 3.05) is 13.1 Å². The summed E-state index contributed by atoms with van der Waals surface area (Å²) in [6.45, 7) is 7.18. The zero-order valence-corrected chi connectivity index (χ0v) is 16.0. The van der Waals surface area contributed by atoms with Crippen molar-refractivity contribution in [2.45, 2.75) is 51.7 Å². The maximum atomic E-state index is 12.3. The van der Waals surface area contributed by atoms with Gasteiger partial charge in [-0.05, 0) is 58.2 Å². The van der Waals surface area contributed by atoms with Gasteiger partial charge in [0.15, 0.2) is 0 Å². The summed E-state index contributed by atoms with van der Waals surface area (Å²) in [6.07, 6.45) is 4.64. The molecule has 1 atom stereocenters. The van der Waals surface area contributed by atoms with Crippen LogP contribution in [0.5, 0.6) is 0 Å². The minimum atomic E-state index is -0.449. The number of rotatable bonds is 1. The average molecular weight is 394 g/mol. The Morgan fingerprint density at radius 1 is 1.29 bits per heavy atom. The number of benzene rings is 1. The van der Waals surface area contributed by atoms with E-state index < -0.39 is 5.60 Å². The Bertz CT molecular complexity index is 735. The van der Waals surface area contributed by atoms with Crippen LogP contribution in [0.1, 0.15) is 46.1 Å². The van der Waals surface area contributed by atoms with Gasteiger partial charge in [0.05, 0.1) is 17.4 Å². The number of amides is 1. The topological polar surface area (TPSA) is 47.4 Å². The van der Waals surface area contributed by atoms with Gasteiger partial charge >= 0.3 is 6.09 Å². The third kappa shape index (κ3) is 3.91. The molecule has 0 aliphatic carbocycles. The normalized spacial score (nSPS) is 19.3. The lowest BCUT2D eigenvalue weighted by Crippen LogP contribution is -2.37. The number of hydrogen-bond acceptors (Lipinski definition) is 3. The number of carbonyl (C=O) groups is 1. The van der Waals surface area contributed by atoms with E-state index in [2.05, 4.69) is 31.5 Å². The molecule has 0 N–H and O–H groups in total. The number of imidazole rings is 1. The fourth-order valence-electron chi connectivity index (χ4n) is 3.16.